The Hall–Kier alpha value is -1.56. The van der Waals surface area contributed by atoms with Crippen LogP contribution in [0.25, 0.3) is 0 Å². The Morgan fingerprint density at radius 1 is 1.25 bits per heavy atom. The number of hydrogen-bond acceptors (Lipinski definition) is 4. The van der Waals surface area contributed by atoms with E-state index in [4.69, 9.17) is 5.11 Å². The Kier molecular flexibility index (Phi) is 4.32. The molecule has 0 bridgehead atoms. The van der Waals surface area contributed by atoms with E-state index in [1.54, 1.807) is 0 Å². The lowest BCUT2D eigenvalue weighted by Gasteiger charge is -2.29. The highest BCUT2D eigenvalue weighted by Crippen LogP contribution is 2.23. The Labute approximate surface area is 119 Å². The van der Waals surface area contributed by atoms with Gasteiger partial charge in [0.2, 0.25) is 0 Å². The Morgan fingerprint density at radius 2 is 1.80 bits per heavy atom. The van der Waals surface area contributed by atoms with Crippen molar-refractivity contribution < 1.29 is 18.3 Å². The minimum absolute atomic E-state index is 0.0247. The first kappa shape index (κ1) is 14.8. The van der Waals surface area contributed by atoms with Gasteiger partial charge in [-0.25, -0.2) is 8.42 Å². The van der Waals surface area contributed by atoms with E-state index in [1.165, 1.54) is 0 Å². The standard InChI is InChI=1S/C14H19NO4S/c1-11(10-14(16)17)12-2-4-13(5-3-12)15-6-8-20(18,19)9-7-15/h2-5,11H,6-10H2,1H3,(H,16,17). The fourth-order valence-electron chi connectivity index (χ4n) is 2.36. The van der Waals surface area contributed by atoms with E-state index >= 15 is 0 Å². The summed E-state index contributed by atoms with van der Waals surface area (Å²) in [5.74, 6) is -0.431. The quantitative estimate of drug-likeness (QED) is 0.911. The molecule has 1 heterocycles. The molecule has 1 fully saturated rings. The summed E-state index contributed by atoms with van der Waals surface area (Å²) in [5, 5.41) is 8.79. The fraction of sp³-hybridized carbons (Fsp3) is 0.500. The molecule has 0 aromatic heterocycles. The summed E-state index contributed by atoms with van der Waals surface area (Å²) in [6, 6.07) is 7.72. The Bertz CT molecular complexity index is 566. The Morgan fingerprint density at radius 3 is 2.30 bits per heavy atom. The summed E-state index contributed by atoms with van der Waals surface area (Å²) in [6.07, 6.45) is 0.112. The van der Waals surface area contributed by atoms with Gasteiger partial charge in [-0.3, -0.25) is 4.79 Å². The van der Waals surface area contributed by atoms with Crippen LogP contribution in [0.15, 0.2) is 24.3 Å². The second-order valence-corrected chi connectivity index (χ2v) is 7.53. The van der Waals surface area contributed by atoms with Crippen molar-refractivity contribution in [2.24, 2.45) is 0 Å². The van der Waals surface area contributed by atoms with E-state index in [2.05, 4.69) is 0 Å². The van der Waals surface area contributed by atoms with E-state index in [-0.39, 0.29) is 23.8 Å². The predicted molar refractivity (Wildman–Crippen MR) is 78.0 cm³/mol. The number of nitrogens with zero attached hydrogens (tertiary/aromatic N) is 1. The molecule has 2 rings (SSSR count). The maximum Gasteiger partial charge on any atom is 0.303 e. The number of aliphatic carboxylic acids is 1. The molecular formula is C14H19NO4S. The predicted octanol–water partition coefficient (Wildman–Crippen LogP) is 1.50. The van der Waals surface area contributed by atoms with Crippen molar-refractivity contribution in [2.75, 3.05) is 29.5 Å². The Balaban J connectivity index is 2.03. The van der Waals surface area contributed by atoms with Crippen molar-refractivity contribution in [3.63, 3.8) is 0 Å². The molecule has 0 aliphatic carbocycles. The molecule has 0 saturated carbocycles. The maximum absolute atomic E-state index is 11.4. The van der Waals surface area contributed by atoms with Crippen LogP contribution in [-0.4, -0.2) is 44.1 Å². The third-order valence-corrected chi connectivity index (χ3v) is 5.26. The second-order valence-electron chi connectivity index (χ2n) is 5.23. The summed E-state index contributed by atoms with van der Waals surface area (Å²) in [7, 11) is -2.87. The van der Waals surface area contributed by atoms with E-state index in [1.807, 2.05) is 36.1 Å². The van der Waals surface area contributed by atoms with E-state index < -0.39 is 15.8 Å². The lowest BCUT2D eigenvalue weighted by Crippen LogP contribution is -2.40. The monoisotopic (exact) mass is 297 g/mol. The van der Waals surface area contributed by atoms with Gasteiger partial charge in [0, 0.05) is 18.8 Å². The molecule has 110 valence electrons. The van der Waals surface area contributed by atoms with Crippen LogP contribution in [0, 0.1) is 0 Å². The molecule has 0 spiro atoms. The molecule has 5 nitrogen and oxygen atoms in total. The van der Waals surface area contributed by atoms with Gasteiger partial charge in [-0.05, 0) is 23.6 Å². The number of carboxylic acids is 1. The van der Waals surface area contributed by atoms with Gasteiger partial charge in [-0.2, -0.15) is 0 Å². The van der Waals surface area contributed by atoms with Gasteiger partial charge in [-0.1, -0.05) is 19.1 Å². The lowest BCUT2D eigenvalue weighted by molar-refractivity contribution is -0.137. The normalized spacial score (nSPS) is 19.6. The molecule has 1 aromatic rings. The second kappa shape index (κ2) is 5.83. The third kappa shape index (κ3) is 3.72. The van der Waals surface area contributed by atoms with Gasteiger partial charge in [0.25, 0.3) is 0 Å². The minimum atomic E-state index is -2.87. The van der Waals surface area contributed by atoms with Crippen molar-refractivity contribution in [3.8, 4) is 0 Å². The molecule has 1 N–H and O–H groups in total. The summed E-state index contributed by atoms with van der Waals surface area (Å²) in [4.78, 5) is 12.7. The number of benzene rings is 1. The summed E-state index contributed by atoms with van der Waals surface area (Å²) < 4.78 is 22.8. The zero-order valence-electron chi connectivity index (χ0n) is 11.4. The molecule has 1 atom stereocenters. The minimum Gasteiger partial charge on any atom is -0.481 e. The first-order valence-electron chi connectivity index (χ1n) is 6.64. The van der Waals surface area contributed by atoms with Crippen molar-refractivity contribution in [1.29, 1.82) is 0 Å². The number of anilines is 1. The van der Waals surface area contributed by atoms with Crippen LogP contribution in [0.1, 0.15) is 24.8 Å². The first-order valence-corrected chi connectivity index (χ1v) is 8.47. The molecule has 1 aromatic carbocycles. The maximum atomic E-state index is 11.4. The average Bonchev–Trinajstić information content (AvgIpc) is 2.38. The summed E-state index contributed by atoms with van der Waals surface area (Å²) >= 11 is 0. The summed E-state index contributed by atoms with van der Waals surface area (Å²) in [5.41, 5.74) is 1.98. The number of rotatable bonds is 4. The molecule has 0 amide bonds. The van der Waals surface area contributed by atoms with Crippen molar-refractivity contribution in [1.82, 2.24) is 0 Å². The summed E-state index contributed by atoms with van der Waals surface area (Å²) in [6.45, 7) is 2.93. The van der Waals surface area contributed by atoms with Crippen molar-refractivity contribution >= 4 is 21.5 Å². The molecule has 1 saturated heterocycles. The number of sulfone groups is 1. The van der Waals surface area contributed by atoms with Crippen LogP contribution >= 0.6 is 0 Å². The molecule has 6 heteroatoms. The number of hydrogen-bond donors (Lipinski definition) is 1. The largest absolute Gasteiger partial charge is 0.481 e. The van der Waals surface area contributed by atoms with E-state index in [0.29, 0.717) is 13.1 Å². The topological polar surface area (TPSA) is 74.7 Å². The average molecular weight is 297 g/mol. The van der Waals surface area contributed by atoms with Crippen LogP contribution in [0.3, 0.4) is 0 Å². The van der Waals surface area contributed by atoms with Crippen LogP contribution in [-0.2, 0) is 14.6 Å². The van der Waals surface area contributed by atoms with Crippen LogP contribution in [0.5, 0.6) is 0 Å². The molecule has 1 aliphatic heterocycles. The zero-order chi connectivity index (χ0) is 14.8. The number of carbonyl (C=O) groups is 1. The van der Waals surface area contributed by atoms with Gasteiger partial charge in [0.05, 0.1) is 17.9 Å². The fourth-order valence-corrected chi connectivity index (χ4v) is 3.57. The first-order chi connectivity index (χ1) is 9.37. The van der Waals surface area contributed by atoms with Gasteiger partial charge in [0.15, 0.2) is 9.84 Å². The molecule has 20 heavy (non-hydrogen) atoms. The molecule has 1 aliphatic rings. The lowest BCUT2D eigenvalue weighted by atomic mass is 9.97. The van der Waals surface area contributed by atoms with Crippen LogP contribution < -0.4 is 4.90 Å². The highest BCUT2D eigenvalue weighted by atomic mass is 32.2. The van der Waals surface area contributed by atoms with Gasteiger partial charge in [-0.15, -0.1) is 0 Å². The van der Waals surface area contributed by atoms with Gasteiger partial charge < -0.3 is 10.0 Å². The van der Waals surface area contributed by atoms with E-state index in [0.717, 1.165) is 11.3 Å². The van der Waals surface area contributed by atoms with Crippen molar-refractivity contribution in [3.05, 3.63) is 29.8 Å². The zero-order valence-corrected chi connectivity index (χ0v) is 12.3. The molecular weight excluding hydrogens is 278 g/mol. The SMILES string of the molecule is CC(CC(=O)O)c1ccc(N2CCS(=O)(=O)CC2)cc1. The van der Waals surface area contributed by atoms with Crippen LogP contribution in [0.2, 0.25) is 0 Å². The molecule has 1 unspecified atom stereocenters. The van der Waals surface area contributed by atoms with E-state index in [9.17, 15) is 13.2 Å². The smallest absolute Gasteiger partial charge is 0.303 e. The van der Waals surface area contributed by atoms with Gasteiger partial charge in [0.1, 0.15) is 0 Å². The highest BCUT2D eigenvalue weighted by molar-refractivity contribution is 7.91. The highest BCUT2D eigenvalue weighted by Gasteiger charge is 2.21. The van der Waals surface area contributed by atoms with Crippen LogP contribution in [0.4, 0.5) is 5.69 Å². The number of carboxylic acid groups (broad SMARTS) is 1. The third-order valence-electron chi connectivity index (χ3n) is 3.65. The van der Waals surface area contributed by atoms with Crippen molar-refractivity contribution in [2.45, 2.75) is 19.3 Å². The van der Waals surface area contributed by atoms with Gasteiger partial charge >= 0.3 is 5.97 Å². The molecule has 0 radical (unpaired) electrons.